The quantitative estimate of drug-likeness (QED) is 0.697. The summed E-state index contributed by atoms with van der Waals surface area (Å²) in [6.45, 7) is 3.91. The Morgan fingerprint density at radius 1 is 1.38 bits per heavy atom. The maximum absolute atomic E-state index is 8.75. The highest BCUT2D eigenvalue weighted by Crippen LogP contribution is 2.29. The number of ether oxygens (including phenoxy) is 1. The Morgan fingerprint density at radius 3 is 2.62 bits per heavy atom. The summed E-state index contributed by atoms with van der Waals surface area (Å²) in [6, 6.07) is 3.99. The minimum absolute atomic E-state index is 0.0841. The Balaban J connectivity index is 3.13. The van der Waals surface area contributed by atoms with Crippen molar-refractivity contribution in [1.82, 2.24) is 0 Å². The van der Waals surface area contributed by atoms with Crippen LogP contribution in [-0.2, 0) is 0 Å². The predicted molar refractivity (Wildman–Crippen MR) is 53.2 cm³/mol. The fraction of sp³-hybridized carbons (Fsp3) is 0.400. The second-order valence-electron chi connectivity index (χ2n) is 3.00. The van der Waals surface area contributed by atoms with Crippen LogP contribution in [0, 0.1) is 13.8 Å². The lowest BCUT2D eigenvalue weighted by molar-refractivity contribution is 0.324. The molecule has 0 aliphatic carbocycles. The molecule has 0 aromatic heterocycles. The second kappa shape index (κ2) is 4.14. The van der Waals surface area contributed by atoms with E-state index in [2.05, 4.69) is 5.32 Å². The van der Waals surface area contributed by atoms with Crippen molar-refractivity contribution in [1.29, 1.82) is 0 Å². The van der Waals surface area contributed by atoms with Gasteiger partial charge >= 0.3 is 0 Å². The number of nitrogens with one attached hydrogen (secondary N) is 1. The molecule has 0 radical (unpaired) electrons. The first-order valence-corrected chi connectivity index (χ1v) is 4.19. The Labute approximate surface area is 78.3 Å². The standard InChI is InChI=1S/C10H15NO2/c1-7-4-8(2)10(13-3)9(5-7)11-6-12/h4-5,11-12H,6H2,1-3H3. The number of anilines is 1. The Kier molecular flexibility index (Phi) is 3.14. The van der Waals surface area contributed by atoms with Gasteiger partial charge in [0, 0.05) is 0 Å². The van der Waals surface area contributed by atoms with Crippen molar-refractivity contribution in [3.8, 4) is 5.75 Å². The third-order valence-electron chi connectivity index (χ3n) is 1.89. The van der Waals surface area contributed by atoms with Crippen LogP contribution in [0.3, 0.4) is 0 Å². The van der Waals surface area contributed by atoms with Crippen molar-refractivity contribution in [2.24, 2.45) is 0 Å². The monoisotopic (exact) mass is 181 g/mol. The van der Waals surface area contributed by atoms with Gasteiger partial charge in [0.1, 0.15) is 12.5 Å². The second-order valence-corrected chi connectivity index (χ2v) is 3.00. The summed E-state index contributed by atoms with van der Waals surface area (Å²) in [5.41, 5.74) is 3.05. The first kappa shape index (κ1) is 9.86. The molecule has 1 aromatic rings. The van der Waals surface area contributed by atoms with E-state index in [4.69, 9.17) is 9.84 Å². The van der Waals surface area contributed by atoms with Crippen molar-refractivity contribution in [3.05, 3.63) is 23.3 Å². The molecule has 3 nitrogen and oxygen atoms in total. The average molecular weight is 181 g/mol. The van der Waals surface area contributed by atoms with Gasteiger partial charge in [-0.3, -0.25) is 0 Å². The molecule has 0 aliphatic rings. The molecule has 0 atom stereocenters. The zero-order valence-corrected chi connectivity index (χ0v) is 8.22. The largest absolute Gasteiger partial charge is 0.494 e. The lowest BCUT2D eigenvalue weighted by Gasteiger charge is -2.12. The highest BCUT2D eigenvalue weighted by molar-refractivity contribution is 5.61. The first-order valence-electron chi connectivity index (χ1n) is 4.19. The molecule has 0 amide bonds. The number of hydrogen-bond acceptors (Lipinski definition) is 3. The van der Waals surface area contributed by atoms with Gasteiger partial charge in [0.05, 0.1) is 12.8 Å². The average Bonchev–Trinajstić information content (AvgIpc) is 2.04. The molecule has 3 heteroatoms. The Hall–Kier alpha value is -1.22. The smallest absolute Gasteiger partial charge is 0.144 e. The van der Waals surface area contributed by atoms with Crippen LogP contribution >= 0.6 is 0 Å². The lowest BCUT2D eigenvalue weighted by atomic mass is 10.1. The van der Waals surface area contributed by atoms with Crippen LogP contribution in [-0.4, -0.2) is 18.9 Å². The molecule has 0 saturated heterocycles. The number of aliphatic hydroxyl groups is 1. The normalized spacial score (nSPS) is 9.85. The molecule has 0 spiro atoms. The third-order valence-corrected chi connectivity index (χ3v) is 1.89. The van der Waals surface area contributed by atoms with Crippen LogP contribution in [0.25, 0.3) is 0 Å². The van der Waals surface area contributed by atoms with E-state index in [1.54, 1.807) is 7.11 Å². The first-order chi connectivity index (χ1) is 6.19. The summed E-state index contributed by atoms with van der Waals surface area (Å²) < 4.78 is 5.21. The van der Waals surface area contributed by atoms with Crippen LogP contribution < -0.4 is 10.1 Å². The van der Waals surface area contributed by atoms with E-state index in [-0.39, 0.29) is 6.73 Å². The van der Waals surface area contributed by atoms with Crippen molar-refractivity contribution in [2.45, 2.75) is 13.8 Å². The van der Waals surface area contributed by atoms with Crippen molar-refractivity contribution in [2.75, 3.05) is 19.2 Å². The molecular formula is C10H15NO2. The van der Waals surface area contributed by atoms with Gasteiger partial charge in [-0.05, 0) is 31.0 Å². The highest BCUT2D eigenvalue weighted by atomic mass is 16.5. The van der Waals surface area contributed by atoms with Crippen LogP contribution in [0.15, 0.2) is 12.1 Å². The van der Waals surface area contributed by atoms with E-state index < -0.39 is 0 Å². The van der Waals surface area contributed by atoms with Gasteiger partial charge in [0.25, 0.3) is 0 Å². The summed E-state index contributed by atoms with van der Waals surface area (Å²) in [6.07, 6.45) is 0. The SMILES string of the molecule is COc1c(C)cc(C)cc1NCO. The molecule has 1 rings (SSSR count). The minimum Gasteiger partial charge on any atom is -0.494 e. The van der Waals surface area contributed by atoms with Crippen LogP contribution in [0.4, 0.5) is 5.69 Å². The van der Waals surface area contributed by atoms with Crippen molar-refractivity contribution >= 4 is 5.69 Å². The van der Waals surface area contributed by atoms with Gasteiger partial charge in [-0.1, -0.05) is 6.07 Å². The summed E-state index contributed by atoms with van der Waals surface area (Å²) in [7, 11) is 1.63. The zero-order chi connectivity index (χ0) is 9.84. The lowest BCUT2D eigenvalue weighted by Crippen LogP contribution is -2.03. The van der Waals surface area contributed by atoms with Crippen LogP contribution in [0.2, 0.25) is 0 Å². The number of aryl methyl sites for hydroxylation is 2. The minimum atomic E-state index is -0.0841. The number of rotatable bonds is 3. The molecule has 0 saturated carbocycles. The number of benzene rings is 1. The molecule has 1 aromatic carbocycles. The molecule has 72 valence electrons. The number of hydrogen-bond donors (Lipinski definition) is 2. The van der Waals surface area contributed by atoms with Crippen molar-refractivity contribution in [3.63, 3.8) is 0 Å². The Bertz CT molecular complexity index is 297. The fourth-order valence-electron chi connectivity index (χ4n) is 1.44. The summed E-state index contributed by atoms with van der Waals surface area (Å²) in [4.78, 5) is 0. The van der Waals surface area contributed by atoms with E-state index in [0.717, 1.165) is 22.6 Å². The molecule has 0 unspecified atom stereocenters. The maximum atomic E-state index is 8.75. The van der Waals surface area contributed by atoms with Gasteiger partial charge in [0.15, 0.2) is 0 Å². The topological polar surface area (TPSA) is 41.5 Å². The predicted octanol–water partition coefficient (Wildman–Crippen LogP) is 1.67. The molecule has 0 aliphatic heterocycles. The van der Waals surface area contributed by atoms with E-state index in [1.165, 1.54) is 0 Å². The van der Waals surface area contributed by atoms with E-state index in [9.17, 15) is 0 Å². The van der Waals surface area contributed by atoms with Gasteiger partial charge in [-0.15, -0.1) is 0 Å². The van der Waals surface area contributed by atoms with Gasteiger partial charge in [0.2, 0.25) is 0 Å². The molecule has 0 fully saturated rings. The van der Waals surface area contributed by atoms with Gasteiger partial charge in [-0.25, -0.2) is 0 Å². The Morgan fingerprint density at radius 2 is 2.08 bits per heavy atom. The van der Waals surface area contributed by atoms with Crippen LogP contribution in [0.1, 0.15) is 11.1 Å². The fourth-order valence-corrected chi connectivity index (χ4v) is 1.44. The molecule has 2 N–H and O–H groups in total. The number of methoxy groups -OCH3 is 1. The summed E-state index contributed by atoms with van der Waals surface area (Å²) in [5.74, 6) is 0.791. The maximum Gasteiger partial charge on any atom is 0.144 e. The number of aliphatic hydroxyl groups excluding tert-OH is 1. The molecule has 0 heterocycles. The van der Waals surface area contributed by atoms with Crippen LogP contribution in [0.5, 0.6) is 5.75 Å². The van der Waals surface area contributed by atoms with Gasteiger partial charge in [-0.2, -0.15) is 0 Å². The summed E-state index contributed by atoms with van der Waals surface area (Å²) >= 11 is 0. The van der Waals surface area contributed by atoms with E-state index >= 15 is 0 Å². The van der Waals surface area contributed by atoms with E-state index in [1.807, 2.05) is 26.0 Å². The van der Waals surface area contributed by atoms with Crippen molar-refractivity contribution < 1.29 is 9.84 Å². The molecule has 0 bridgehead atoms. The van der Waals surface area contributed by atoms with E-state index in [0.29, 0.717) is 0 Å². The van der Waals surface area contributed by atoms with Gasteiger partial charge < -0.3 is 15.2 Å². The molecular weight excluding hydrogens is 166 g/mol. The zero-order valence-electron chi connectivity index (χ0n) is 8.22. The summed E-state index contributed by atoms with van der Waals surface area (Å²) in [5, 5.41) is 11.6. The third kappa shape index (κ3) is 2.12. The molecule has 13 heavy (non-hydrogen) atoms. The highest BCUT2D eigenvalue weighted by Gasteiger charge is 2.05.